The number of ether oxygens (including phenoxy) is 2. The topological polar surface area (TPSA) is 76.0 Å². The molecule has 1 aromatic carbocycles. The van der Waals surface area contributed by atoms with Gasteiger partial charge >= 0.3 is 0 Å². The fourth-order valence-corrected chi connectivity index (χ4v) is 5.24. The largest absolute Gasteiger partial charge is 0.493 e. The van der Waals surface area contributed by atoms with Crippen LogP contribution in [0.15, 0.2) is 47.7 Å². The predicted octanol–water partition coefficient (Wildman–Crippen LogP) is 4.87. The zero-order chi connectivity index (χ0) is 24.7. The summed E-state index contributed by atoms with van der Waals surface area (Å²) >= 11 is 1.66. The summed E-state index contributed by atoms with van der Waals surface area (Å²) in [5.74, 6) is 1.93. The van der Waals surface area contributed by atoms with E-state index in [1.165, 1.54) is 0 Å². The molecule has 1 unspecified atom stereocenters. The fraction of sp³-hybridized carbons (Fsp3) is 0.500. The molecule has 0 bridgehead atoms. The van der Waals surface area contributed by atoms with Crippen LogP contribution in [0.2, 0.25) is 0 Å². The molecule has 0 aliphatic carbocycles. The van der Waals surface area contributed by atoms with E-state index in [1.807, 2.05) is 37.3 Å². The molecule has 1 amide bonds. The number of hydrogen-bond acceptors (Lipinski definition) is 7. The minimum Gasteiger partial charge on any atom is -0.493 e. The number of carbonyl (C=O) groups is 1. The average molecular weight is 485 g/mol. The van der Waals surface area contributed by atoms with Gasteiger partial charge < -0.3 is 14.8 Å². The van der Waals surface area contributed by atoms with E-state index >= 15 is 0 Å². The number of benzene rings is 1. The molecule has 184 valence electrons. The van der Waals surface area contributed by atoms with Crippen molar-refractivity contribution in [3.8, 4) is 11.5 Å². The first kappa shape index (κ1) is 26.0. The van der Waals surface area contributed by atoms with Crippen LogP contribution in [0.25, 0.3) is 0 Å². The van der Waals surface area contributed by atoms with E-state index in [4.69, 9.17) is 14.5 Å². The number of carbonyl (C=O) groups excluding carboxylic acids is 1. The van der Waals surface area contributed by atoms with Crippen LogP contribution in [0.5, 0.6) is 11.5 Å². The van der Waals surface area contributed by atoms with E-state index in [1.54, 1.807) is 31.3 Å². The van der Waals surface area contributed by atoms with Crippen LogP contribution in [0.1, 0.15) is 46.6 Å². The molecule has 7 nitrogen and oxygen atoms in total. The number of amides is 1. The molecule has 0 spiro atoms. The number of thioether (sulfide) groups is 1. The summed E-state index contributed by atoms with van der Waals surface area (Å²) in [4.78, 5) is 24.2. The molecule has 2 aromatic rings. The van der Waals surface area contributed by atoms with Crippen molar-refractivity contribution in [1.82, 2.24) is 9.88 Å². The number of methoxy groups -OCH3 is 1. The van der Waals surface area contributed by atoms with Crippen molar-refractivity contribution < 1.29 is 14.3 Å². The Hall–Kier alpha value is -2.58. The molecule has 1 aliphatic heterocycles. The monoisotopic (exact) mass is 484 g/mol. The van der Waals surface area contributed by atoms with E-state index in [9.17, 15) is 4.79 Å². The van der Waals surface area contributed by atoms with Crippen molar-refractivity contribution in [2.24, 2.45) is 4.99 Å². The summed E-state index contributed by atoms with van der Waals surface area (Å²) in [6, 6.07) is 10.2. The second kappa shape index (κ2) is 11.7. The maximum atomic E-state index is 12.9. The third-order valence-corrected chi connectivity index (χ3v) is 7.09. The van der Waals surface area contributed by atoms with E-state index < -0.39 is 5.54 Å². The molecule has 8 heteroatoms. The molecule has 0 radical (unpaired) electrons. The van der Waals surface area contributed by atoms with Crippen LogP contribution in [-0.4, -0.2) is 64.5 Å². The lowest BCUT2D eigenvalue weighted by Crippen LogP contribution is -2.39. The van der Waals surface area contributed by atoms with Crippen molar-refractivity contribution in [3.05, 3.63) is 48.3 Å². The third-order valence-electron chi connectivity index (χ3n) is 5.72. The lowest BCUT2D eigenvalue weighted by molar-refractivity contribution is -0.117. The number of aromatic nitrogens is 1. The van der Waals surface area contributed by atoms with Gasteiger partial charge in [-0.3, -0.25) is 19.7 Å². The van der Waals surface area contributed by atoms with E-state index in [2.05, 4.69) is 42.9 Å². The predicted molar refractivity (Wildman–Crippen MR) is 140 cm³/mol. The lowest BCUT2D eigenvalue weighted by Gasteiger charge is -2.30. The number of nitrogens with one attached hydrogen (secondary N) is 1. The molecular formula is C26H36N4O3S. The quantitative estimate of drug-likeness (QED) is 0.490. The Labute approximate surface area is 207 Å². The number of aliphatic imine (C=N–C) groups is 1. The van der Waals surface area contributed by atoms with Gasteiger partial charge in [0.1, 0.15) is 6.61 Å². The zero-order valence-corrected chi connectivity index (χ0v) is 21.8. The van der Waals surface area contributed by atoms with Gasteiger partial charge in [-0.15, -0.1) is 11.8 Å². The summed E-state index contributed by atoms with van der Waals surface area (Å²) in [5.41, 5.74) is 1.21. The van der Waals surface area contributed by atoms with Gasteiger partial charge in [-0.1, -0.05) is 0 Å². The van der Waals surface area contributed by atoms with E-state index in [0.717, 1.165) is 22.9 Å². The van der Waals surface area contributed by atoms with Crippen LogP contribution in [-0.2, 0) is 4.79 Å². The minimum atomic E-state index is -0.455. The number of anilines is 1. The Kier molecular flexibility index (Phi) is 8.97. The molecular weight excluding hydrogens is 448 g/mol. The highest BCUT2D eigenvalue weighted by Crippen LogP contribution is 2.34. The third kappa shape index (κ3) is 6.96. The van der Waals surface area contributed by atoms with Crippen LogP contribution in [0.4, 0.5) is 5.69 Å². The Bertz CT molecular complexity index is 989. The molecule has 1 N–H and O–H groups in total. The van der Waals surface area contributed by atoms with Crippen LogP contribution < -0.4 is 14.8 Å². The van der Waals surface area contributed by atoms with Gasteiger partial charge in [-0.25, -0.2) is 0 Å². The van der Waals surface area contributed by atoms with Crippen molar-refractivity contribution in [1.29, 1.82) is 0 Å². The van der Waals surface area contributed by atoms with Gasteiger partial charge in [-0.2, -0.15) is 0 Å². The van der Waals surface area contributed by atoms with Crippen molar-refractivity contribution in [3.63, 3.8) is 0 Å². The molecule has 0 saturated carbocycles. The molecule has 1 aromatic heterocycles. The van der Waals surface area contributed by atoms with E-state index in [-0.39, 0.29) is 5.91 Å². The molecule has 2 heterocycles. The average Bonchev–Trinajstić information content (AvgIpc) is 3.18. The molecule has 0 fully saturated rings. The van der Waals surface area contributed by atoms with Gasteiger partial charge in [0, 0.05) is 54.1 Å². The summed E-state index contributed by atoms with van der Waals surface area (Å²) in [6.07, 6.45) is 3.84. The molecule has 34 heavy (non-hydrogen) atoms. The highest BCUT2D eigenvalue weighted by molar-refractivity contribution is 8.14. The number of nitrogens with zero attached hydrogens (tertiary/aromatic N) is 3. The van der Waals surface area contributed by atoms with Crippen molar-refractivity contribution in [2.75, 3.05) is 31.3 Å². The van der Waals surface area contributed by atoms with Crippen LogP contribution in [0.3, 0.4) is 0 Å². The highest BCUT2D eigenvalue weighted by Gasteiger charge is 2.33. The van der Waals surface area contributed by atoms with Crippen molar-refractivity contribution in [2.45, 2.75) is 58.7 Å². The van der Waals surface area contributed by atoms with Gasteiger partial charge in [0.05, 0.1) is 24.1 Å². The Morgan fingerprint density at radius 3 is 2.62 bits per heavy atom. The zero-order valence-electron chi connectivity index (χ0n) is 21.0. The highest BCUT2D eigenvalue weighted by atomic mass is 32.2. The second-order valence-corrected chi connectivity index (χ2v) is 10.3. The minimum absolute atomic E-state index is 0.0822. The molecule has 1 aliphatic rings. The van der Waals surface area contributed by atoms with Crippen molar-refractivity contribution >= 4 is 28.4 Å². The van der Waals surface area contributed by atoms with Gasteiger partial charge in [0.15, 0.2) is 11.5 Å². The first-order chi connectivity index (χ1) is 16.2. The first-order valence-electron chi connectivity index (χ1n) is 11.7. The smallest absolute Gasteiger partial charge is 0.226 e. The van der Waals surface area contributed by atoms with Crippen LogP contribution in [0, 0.1) is 0 Å². The van der Waals surface area contributed by atoms with E-state index in [0.29, 0.717) is 42.3 Å². The maximum Gasteiger partial charge on any atom is 0.226 e. The van der Waals surface area contributed by atoms with Gasteiger partial charge in [0.25, 0.3) is 0 Å². The van der Waals surface area contributed by atoms with Crippen LogP contribution >= 0.6 is 11.8 Å². The standard InChI is InChI=1S/C26H36N4O3S/c1-18(2)30(19(3)4)12-13-33-23-14-21(9-10-22(23)32-6)28-24(31)15-26(5)17-34-25(29-26)20-8-7-11-27-16-20/h7-11,14,16,18-19H,12-13,15,17H2,1-6H3,(H,28,31). The Morgan fingerprint density at radius 1 is 1.21 bits per heavy atom. The summed E-state index contributed by atoms with van der Waals surface area (Å²) in [5, 5.41) is 3.93. The Morgan fingerprint density at radius 2 is 1.97 bits per heavy atom. The SMILES string of the molecule is COc1ccc(NC(=O)CC2(C)CSC(c3cccnc3)=N2)cc1OCCN(C(C)C)C(C)C. The van der Waals surface area contributed by atoms with Gasteiger partial charge in [-0.05, 0) is 58.9 Å². The lowest BCUT2D eigenvalue weighted by atomic mass is 10.0. The normalized spacial score (nSPS) is 17.9. The summed E-state index contributed by atoms with van der Waals surface area (Å²) in [7, 11) is 1.62. The number of hydrogen-bond donors (Lipinski definition) is 1. The Balaban J connectivity index is 1.62. The first-order valence-corrected chi connectivity index (χ1v) is 12.7. The number of rotatable bonds is 11. The van der Waals surface area contributed by atoms with Gasteiger partial charge in [0.2, 0.25) is 5.91 Å². The fourth-order valence-electron chi connectivity index (χ4n) is 4.05. The maximum absolute atomic E-state index is 12.9. The summed E-state index contributed by atoms with van der Waals surface area (Å²) in [6.45, 7) is 12.1. The molecule has 1 atom stereocenters. The molecule has 3 rings (SSSR count). The molecule has 0 saturated heterocycles. The summed E-state index contributed by atoms with van der Waals surface area (Å²) < 4.78 is 11.5. The second-order valence-electron chi connectivity index (χ2n) is 9.31. The number of pyridine rings is 1.